The van der Waals surface area contributed by atoms with Crippen LogP contribution in [0.15, 0.2) is 60.7 Å². The highest BCUT2D eigenvalue weighted by molar-refractivity contribution is 5.16. The van der Waals surface area contributed by atoms with E-state index in [-0.39, 0.29) is 0 Å². The summed E-state index contributed by atoms with van der Waals surface area (Å²) in [6.07, 6.45) is 7.42. The third-order valence-corrected chi connectivity index (χ3v) is 4.86. The molecule has 0 heterocycles. The van der Waals surface area contributed by atoms with Gasteiger partial charge in [-0.2, -0.15) is 0 Å². The summed E-state index contributed by atoms with van der Waals surface area (Å²) >= 11 is 0. The van der Waals surface area contributed by atoms with Crippen molar-refractivity contribution in [3.63, 3.8) is 0 Å². The lowest BCUT2D eigenvalue weighted by Gasteiger charge is -2.15. The second-order valence-corrected chi connectivity index (χ2v) is 7.50. The van der Waals surface area contributed by atoms with Gasteiger partial charge in [-0.3, -0.25) is 0 Å². The van der Waals surface area contributed by atoms with E-state index in [9.17, 15) is 0 Å². The first kappa shape index (κ1) is 20.7. The monoisotopic (exact) mass is 352 g/mol. The Kier molecular flexibility index (Phi) is 10.1. The molecule has 2 N–H and O–H groups in total. The maximum Gasteiger partial charge on any atom is 0.00791 e. The molecule has 2 heteroatoms. The fraction of sp³-hybridized carbons (Fsp3) is 0.500. The van der Waals surface area contributed by atoms with Crippen LogP contribution in [0.5, 0.6) is 0 Å². The lowest BCUT2D eigenvalue weighted by molar-refractivity contribution is 0.494. The molecule has 0 aliphatic carbocycles. The Hall–Kier alpha value is -1.64. The molecule has 0 amide bonds. The predicted octanol–water partition coefficient (Wildman–Crippen LogP) is 4.99. The summed E-state index contributed by atoms with van der Waals surface area (Å²) < 4.78 is 0. The van der Waals surface area contributed by atoms with Gasteiger partial charge in [-0.25, -0.2) is 0 Å². The molecule has 0 saturated carbocycles. The average Bonchev–Trinajstić information content (AvgIpc) is 2.65. The van der Waals surface area contributed by atoms with E-state index in [1.807, 2.05) is 0 Å². The molecule has 0 aromatic heterocycles. The van der Waals surface area contributed by atoms with Crippen molar-refractivity contribution >= 4 is 0 Å². The molecule has 0 aliphatic rings. The van der Waals surface area contributed by atoms with Gasteiger partial charge in [0.1, 0.15) is 0 Å². The smallest absolute Gasteiger partial charge is 0.00791 e. The molecule has 2 unspecified atom stereocenters. The van der Waals surface area contributed by atoms with Crippen LogP contribution in [0.4, 0.5) is 0 Å². The summed E-state index contributed by atoms with van der Waals surface area (Å²) in [4.78, 5) is 0. The fourth-order valence-corrected chi connectivity index (χ4v) is 3.38. The summed E-state index contributed by atoms with van der Waals surface area (Å²) in [5.41, 5.74) is 2.84. The van der Waals surface area contributed by atoms with Crippen LogP contribution in [-0.4, -0.2) is 25.2 Å². The van der Waals surface area contributed by atoms with E-state index in [2.05, 4.69) is 85.1 Å². The Morgan fingerprint density at radius 3 is 1.35 bits per heavy atom. The molecule has 0 spiro atoms. The fourth-order valence-electron chi connectivity index (χ4n) is 3.38. The van der Waals surface area contributed by atoms with Gasteiger partial charge >= 0.3 is 0 Å². The Bertz CT molecular complexity index is 514. The number of rotatable bonds is 13. The molecule has 0 radical (unpaired) electrons. The molecule has 2 rings (SSSR count). The molecule has 2 atom stereocenters. The summed E-state index contributed by atoms with van der Waals surface area (Å²) in [7, 11) is 0. The van der Waals surface area contributed by atoms with E-state index in [0.29, 0.717) is 12.1 Å². The van der Waals surface area contributed by atoms with Crippen molar-refractivity contribution < 1.29 is 0 Å². The van der Waals surface area contributed by atoms with Crippen molar-refractivity contribution in [3.8, 4) is 0 Å². The second-order valence-electron chi connectivity index (χ2n) is 7.50. The van der Waals surface area contributed by atoms with E-state index in [0.717, 1.165) is 25.9 Å². The third kappa shape index (κ3) is 9.17. The van der Waals surface area contributed by atoms with Gasteiger partial charge in [-0.15, -0.1) is 0 Å². The molecule has 0 saturated heterocycles. The standard InChI is InChI=1S/C24H36N2/c1-21(19-23-13-7-5-8-14-23)25-17-11-3-4-12-18-26-22(2)20-24-15-9-6-10-16-24/h5-10,13-16,21-22,25-26H,3-4,11-12,17-20H2,1-2H3. The molecule has 2 aromatic rings. The molecule has 142 valence electrons. The first-order chi connectivity index (χ1) is 12.7. The molecule has 0 fully saturated rings. The predicted molar refractivity (Wildman–Crippen MR) is 114 cm³/mol. The largest absolute Gasteiger partial charge is 0.314 e. The van der Waals surface area contributed by atoms with Crippen molar-refractivity contribution in [3.05, 3.63) is 71.8 Å². The maximum atomic E-state index is 3.65. The van der Waals surface area contributed by atoms with Gasteiger partial charge in [0.05, 0.1) is 0 Å². The van der Waals surface area contributed by atoms with Gasteiger partial charge in [-0.05, 0) is 63.7 Å². The summed E-state index contributed by atoms with van der Waals surface area (Å²) in [5, 5.41) is 7.30. The number of hydrogen-bond donors (Lipinski definition) is 2. The van der Waals surface area contributed by atoms with Gasteiger partial charge in [0.15, 0.2) is 0 Å². The first-order valence-electron chi connectivity index (χ1n) is 10.3. The van der Waals surface area contributed by atoms with Crippen LogP contribution < -0.4 is 10.6 Å². The van der Waals surface area contributed by atoms with Gasteiger partial charge in [-0.1, -0.05) is 73.5 Å². The van der Waals surface area contributed by atoms with E-state index >= 15 is 0 Å². The lowest BCUT2D eigenvalue weighted by Crippen LogP contribution is -2.29. The topological polar surface area (TPSA) is 24.1 Å². The normalized spacial score (nSPS) is 13.5. The zero-order valence-corrected chi connectivity index (χ0v) is 16.6. The van der Waals surface area contributed by atoms with E-state index in [4.69, 9.17) is 0 Å². The molecular weight excluding hydrogens is 316 g/mol. The van der Waals surface area contributed by atoms with Crippen LogP contribution in [0.2, 0.25) is 0 Å². The van der Waals surface area contributed by atoms with Gasteiger partial charge < -0.3 is 10.6 Å². The Morgan fingerprint density at radius 1 is 0.577 bits per heavy atom. The average molecular weight is 353 g/mol. The van der Waals surface area contributed by atoms with E-state index < -0.39 is 0 Å². The van der Waals surface area contributed by atoms with Gasteiger partial charge in [0.2, 0.25) is 0 Å². The highest BCUT2D eigenvalue weighted by Crippen LogP contribution is 2.05. The second kappa shape index (κ2) is 12.7. The Morgan fingerprint density at radius 2 is 0.962 bits per heavy atom. The van der Waals surface area contributed by atoms with Crippen LogP contribution in [0, 0.1) is 0 Å². The summed E-state index contributed by atoms with van der Waals surface area (Å²) in [6, 6.07) is 22.6. The number of hydrogen-bond acceptors (Lipinski definition) is 2. The van der Waals surface area contributed by atoms with E-state index in [1.165, 1.54) is 36.8 Å². The Balaban J connectivity index is 1.42. The molecule has 0 bridgehead atoms. The van der Waals surface area contributed by atoms with Crippen molar-refractivity contribution in [2.45, 2.75) is 64.5 Å². The minimum Gasteiger partial charge on any atom is -0.314 e. The van der Waals surface area contributed by atoms with Crippen molar-refractivity contribution in [1.29, 1.82) is 0 Å². The summed E-state index contributed by atoms with van der Waals surface area (Å²) in [5.74, 6) is 0. The van der Waals surface area contributed by atoms with Crippen molar-refractivity contribution in [2.24, 2.45) is 0 Å². The highest BCUT2D eigenvalue weighted by Gasteiger charge is 2.03. The number of benzene rings is 2. The minimum atomic E-state index is 0.554. The minimum absolute atomic E-state index is 0.554. The number of nitrogens with one attached hydrogen (secondary N) is 2. The maximum absolute atomic E-state index is 3.65. The van der Waals surface area contributed by atoms with Crippen LogP contribution in [0.1, 0.15) is 50.7 Å². The molecule has 2 nitrogen and oxygen atoms in total. The van der Waals surface area contributed by atoms with Crippen molar-refractivity contribution in [2.75, 3.05) is 13.1 Å². The van der Waals surface area contributed by atoms with E-state index in [1.54, 1.807) is 0 Å². The number of unbranched alkanes of at least 4 members (excludes halogenated alkanes) is 3. The van der Waals surface area contributed by atoms with Crippen LogP contribution in [-0.2, 0) is 12.8 Å². The van der Waals surface area contributed by atoms with Gasteiger partial charge in [0.25, 0.3) is 0 Å². The quantitative estimate of drug-likeness (QED) is 0.496. The zero-order valence-electron chi connectivity index (χ0n) is 16.6. The van der Waals surface area contributed by atoms with Crippen molar-refractivity contribution in [1.82, 2.24) is 10.6 Å². The first-order valence-corrected chi connectivity index (χ1v) is 10.3. The SMILES string of the molecule is CC(Cc1ccccc1)NCCCCCCNC(C)Cc1ccccc1. The third-order valence-electron chi connectivity index (χ3n) is 4.86. The summed E-state index contributed by atoms with van der Waals surface area (Å²) in [6.45, 7) is 6.83. The van der Waals surface area contributed by atoms with Crippen LogP contribution in [0.25, 0.3) is 0 Å². The van der Waals surface area contributed by atoms with Gasteiger partial charge in [0, 0.05) is 12.1 Å². The zero-order chi connectivity index (χ0) is 18.5. The van der Waals surface area contributed by atoms with Crippen LogP contribution in [0.3, 0.4) is 0 Å². The van der Waals surface area contributed by atoms with Crippen LogP contribution >= 0.6 is 0 Å². The highest BCUT2D eigenvalue weighted by atomic mass is 14.9. The molecule has 2 aromatic carbocycles. The molecular formula is C24H36N2. The lowest BCUT2D eigenvalue weighted by atomic mass is 10.1. The molecule has 0 aliphatic heterocycles. The Labute approximate surface area is 160 Å². The molecule has 26 heavy (non-hydrogen) atoms.